The van der Waals surface area contributed by atoms with Crippen LogP contribution < -0.4 is 15.0 Å². The quantitative estimate of drug-likeness (QED) is 0.809. The Labute approximate surface area is 95.2 Å². The SMILES string of the molecule is COc1ccc(N2CCN[C@@H](C)C2=O)cc1. The summed E-state index contributed by atoms with van der Waals surface area (Å²) in [6.45, 7) is 3.44. The molecule has 16 heavy (non-hydrogen) atoms. The fourth-order valence-electron chi connectivity index (χ4n) is 1.84. The van der Waals surface area contributed by atoms with Crippen molar-refractivity contribution in [1.29, 1.82) is 0 Å². The number of ether oxygens (including phenoxy) is 1. The van der Waals surface area contributed by atoms with Gasteiger partial charge in [0, 0.05) is 18.8 Å². The zero-order valence-electron chi connectivity index (χ0n) is 9.56. The highest BCUT2D eigenvalue weighted by Crippen LogP contribution is 2.20. The minimum atomic E-state index is -0.101. The van der Waals surface area contributed by atoms with E-state index in [1.54, 1.807) is 12.0 Å². The fourth-order valence-corrected chi connectivity index (χ4v) is 1.84. The summed E-state index contributed by atoms with van der Waals surface area (Å²) in [4.78, 5) is 13.7. The molecule has 0 unspecified atom stereocenters. The number of piperazine rings is 1. The highest BCUT2D eigenvalue weighted by molar-refractivity contribution is 5.97. The maximum absolute atomic E-state index is 11.9. The van der Waals surface area contributed by atoms with Crippen molar-refractivity contribution in [2.45, 2.75) is 13.0 Å². The summed E-state index contributed by atoms with van der Waals surface area (Å²) in [5, 5.41) is 3.14. The lowest BCUT2D eigenvalue weighted by Gasteiger charge is -2.31. The molecule has 0 spiro atoms. The van der Waals surface area contributed by atoms with E-state index in [2.05, 4.69) is 5.32 Å². The van der Waals surface area contributed by atoms with E-state index >= 15 is 0 Å². The Morgan fingerprint density at radius 2 is 2.06 bits per heavy atom. The predicted octanol–water partition coefficient (Wildman–Crippen LogP) is 1.02. The van der Waals surface area contributed by atoms with Gasteiger partial charge in [-0.2, -0.15) is 0 Å². The maximum Gasteiger partial charge on any atom is 0.243 e. The Morgan fingerprint density at radius 1 is 1.38 bits per heavy atom. The van der Waals surface area contributed by atoms with Crippen LogP contribution in [0.5, 0.6) is 5.75 Å². The molecule has 1 fully saturated rings. The van der Waals surface area contributed by atoms with Gasteiger partial charge in [-0.15, -0.1) is 0 Å². The van der Waals surface area contributed by atoms with E-state index in [1.165, 1.54) is 0 Å². The minimum Gasteiger partial charge on any atom is -0.497 e. The average Bonchev–Trinajstić information content (AvgIpc) is 2.33. The van der Waals surface area contributed by atoms with E-state index in [0.29, 0.717) is 0 Å². The molecule has 1 N–H and O–H groups in total. The lowest BCUT2D eigenvalue weighted by molar-refractivity contribution is -0.121. The Hall–Kier alpha value is -1.55. The van der Waals surface area contributed by atoms with Gasteiger partial charge in [0.05, 0.1) is 13.2 Å². The lowest BCUT2D eigenvalue weighted by atomic mass is 10.2. The molecule has 0 bridgehead atoms. The third-order valence-electron chi connectivity index (χ3n) is 2.81. The number of methoxy groups -OCH3 is 1. The van der Waals surface area contributed by atoms with Gasteiger partial charge < -0.3 is 15.0 Å². The number of carbonyl (C=O) groups is 1. The van der Waals surface area contributed by atoms with Crippen molar-refractivity contribution in [3.63, 3.8) is 0 Å². The molecule has 0 aliphatic carbocycles. The average molecular weight is 220 g/mol. The number of carbonyl (C=O) groups excluding carboxylic acids is 1. The molecular weight excluding hydrogens is 204 g/mol. The number of hydrogen-bond acceptors (Lipinski definition) is 3. The van der Waals surface area contributed by atoms with Gasteiger partial charge in [0.15, 0.2) is 0 Å². The Morgan fingerprint density at radius 3 is 2.69 bits per heavy atom. The highest BCUT2D eigenvalue weighted by Gasteiger charge is 2.25. The zero-order valence-corrected chi connectivity index (χ0v) is 9.56. The van der Waals surface area contributed by atoms with Crippen LogP contribution in [0.4, 0.5) is 5.69 Å². The van der Waals surface area contributed by atoms with E-state index in [0.717, 1.165) is 24.5 Å². The third kappa shape index (κ3) is 2.02. The molecule has 4 nitrogen and oxygen atoms in total. The van der Waals surface area contributed by atoms with Gasteiger partial charge in [-0.05, 0) is 31.2 Å². The van der Waals surface area contributed by atoms with Crippen LogP contribution >= 0.6 is 0 Å². The Balaban J connectivity index is 2.19. The Bertz CT molecular complexity index is 375. The van der Waals surface area contributed by atoms with Crippen LogP contribution in [0.2, 0.25) is 0 Å². The standard InChI is InChI=1S/C12H16N2O2/c1-9-12(15)14(8-7-13-9)10-3-5-11(16-2)6-4-10/h3-6,9,13H,7-8H2,1-2H3/t9-/m0/s1. The Kier molecular flexibility index (Phi) is 3.10. The van der Waals surface area contributed by atoms with E-state index in [4.69, 9.17) is 4.74 Å². The van der Waals surface area contributed by atoms with Crippen LogP contribution in [0.3, 0.4) is 0 Å². The first-order chi connectivity index (χ1) is 7.72. The van der Waals surface area contributed by atoms with Crippen LogP contribution in [0.15, 0.2) is 24.3 Å². The summed E-state index contributed by atoms with van der Waals surface area (Å²) in [5.74, 6) is 0.927. The van der Waals surface area contributed by atoms with Gasteiger partial charge in [-0.3, -0.25) is 4.79 Å². The summed E-state index contributed by atoms with van der Waals surface area (Å²) in [6.07, 6.45) is 0. The van der Waals surface area contributed by atoms with Gasteiger partial charge >= 0.3 is 0 Å². The molecule has 0 radical (unpaired) electrons. The van der Waals surface area contributed by atoms with E-state index in [-0.39, 0.29) is 11.9 Å². The topological polar surface area (TPSA) is 41.6 Å². The molecule has 1 aliphatic rings. The summed E-state index contributed by atoms with van der Waals surface area (Å²) in [7, 11) is 1.63. The van der Waals surface area contributed by atoms with Crippen LogP contribution in [-0.2, 0) is 4.79 Å². The highest BCUT2D eigenvalue weighted by atomic mass is 16.5. The van der Waals surface area contributed by atoms with Crippen LogP contribution in [0.25, 0.3) is 0 Å². The first-order valence-corrected chi connectivity index (χ1v) is 5.41. The molecule has 1 aromatic rings. The molecule has 2 rings (SSSR count). The van der Waals surface area contributed by atoms with Crippen molar-refractivity contribution in [1.82, 2.24) is 5.32 Å². The zero-order chi connectivity index (χ0) is 11.5. The number of rotatable bonds is 2. The van der Waals surface area contributed by atoms with Gasteiger partial charge in [-0.25, -0.2) is 0 Å². The van der Waals surface area contributed by atoms with Crippen molar-refractivity contribution in [2.24, 2.45) is 0 Å². The number of amides is 1. The third-order valence-corrected chi connectivity index (χ3v) is 2.81. The number of hydrogen-bond donors (Lipinski definition) is 1. The number of benzene rings is 1. The minimum absolute atomic E-state index is 0.101. The largest absolute Gasteiger partial charge is 0.497 e. The normalized spacial score (nSPS) is 21.0. The summed E-state index contributed by atoms with van der Waals surface area (Å²) in [5.41, 5.74) is 0.930. The first kappa shape index (κ1) is 11.0. The molecule has 1 saturated heterocycles. The fraction of sp³-hybridized carbons (Fsp3) is 0.417. The second kappa shape index (κ2) is 4.53. The molecule has 1 aliphatic heterocycles. The van der Waals surface area contributed by atoms with Gasteiger partial charge in [0.25, 0.3) is 0 Å². The van der Waals surface area contributed by atoms with Crippen LogP contribution in [0.1, 0.15) is 6.92 Å². The number of nitrogens with one attached hydrogen (secondary N) is 1. The van der Waals surface area contributed by atoms with Gasteiger partial charge in [0.1, 0.15) is 5.75 Å². The van der Waals surface area contributed by atoms with Crippen molar-refractivity contribution in [3.05, 3.63) is 24.3 Å². The molecule has 86 valence electrons. The number of anilines is 1. The van der Waals surface area contributed by atoms with Crippen molar-refractivity contribution in [3.8, 4) is 5.75 Å². The van der Waals surface area contributed by atoms with Crippen LogP contribution in [-0.4, -0.2) is 32.1 Å². The smallest absolute Gasteiger partial charge is 0.243 e. The predicted molar refractivity (Wildman–Crippen MR) is 62.8 cm³/mol. The van der Waals surface area contributed by atoms with E-state index in [9.17, 15) is 4.79 Å². The van der Waals surface area contributed by atoms with E-state index in [1.807, 2.05) is 31.2 Å². The molecule has 1 heterocycles. The molecule has 0 saturated carbocycles. The summed E-state index contributed by atoms with van der Waals surface area (Å²) < 4.78 is 5.09. The second-order valence-corrected chi connectivity index (χ2v) is 3.86. The molecule has 1 atom stereocenters. The maximum atomic E-state index is 11.9. The van der Waals surface area contributed by atoms with Crippen molar-refractivity contribution in [2.75, 3.05) is 25.1 Å². The lowest BCUT2D eigenvalue weighted by Crippen LogP contribution is -2.53. The first-order valence-electron chi connectivity index (χ1n) is 5.41. The van der Waals surface area contributed by atoms with Gasteiger partial charge in [-0.1, -0.05) is 0 Å². The summed E-state index contributed by atoms with van der Waals surface area (Å²) in [6, 6.07) is 7.46. The van der Waals surface area contributed by atoms with E-state index < -0.39 is 0 Å². The molecule has 0 aromatic heterocycles. The number of nitrogens with zero attached hydrogens (tertiary/aromatic N) is 1. The van der Waals surface area contributed by atoms with Crippen LogP contribution in [0, 0.1) is 0 Å². The van der Waals surface area contributed by atoms with Crippen molar-refractivity contribution < 1.29 is 9.53 Å². The molecule has 1 aromatic carbocycles. The molecule has 1 amide bonds. The van der Waals surface area contributed by atoms with Crippen molar-refractivity contribution >= 4 is 11.6 Å². The monoisotopic (exact) mass is 220 g/mol. The summed E-state index contributed by atoms with van der Waals surface area (Å²) >= 11 is 0. The molecular formula is C12H16N2O2. The molecule has 4 heteroatoms. The van der Waals surface area contributed by atoms with Gasteiger partial charge in [0.2, 0.25) is 5.91 Å². The second-order valence-electron chi connectivity index (χ2n) is 3.86.